The molecule has 3 rings (SSSR count). The van der Waals surface area contributed by atoms with E-state index in [4.69, 9.17) is 23.9 Å². The third-order valence-electron chi connectivity index (χ3n) is 4.35. The lowest BCUT2D eigenvalue weighted by Crippen LogP contribution is -2.13. The highest BCUT2D eigenvalue weighted by Crippen LogP contribution is 2.19. The lowest BCUT2D eigenvalue weighted by molar-refractivity contribution is 0.102. The molecule has 0 radical (unpaired) electrons. The van der Waals surface area contributed by atoms with Gasteiger partial charge in [-0.2, -0.15) is 0 Å². The molecule has 0 unspecified atom stereocenters. The molecule has 44 heavy (non-hydrogen) atoms. The van der Waals surface area contributed by atoms with Crippen molar-refractivity contribution in [2.75, 3.05) is 5.32 Å². The van der Waals surface area contributed by atoms with E-state index in [0.717, 1.165) is 22.4 Å². The quantitative estimate of drug-likeness (QED) is 0.182. The summed E-state index contributed by atoms with van der Waals surface area (Å²) in [4.78, 5) is 22.4. The minimum atomic E-state index is -0.174. The number of amides is 1. The van der Waals surface area contributed by atoms with Gasteiger partial charge in [-0.25, -0.2) is 0 Å². The van der Waals surface area contributed by atoms with Gasteiger partial charge in [0, 0.05) is 50.2 Å². The van der Waals surface area contributed by atoms with Crippen molar-refractivity contribution in [2.24, 2.45) is 0 Å². The standard InChI is InChI=1S/C18H15N3O.C18H2.HN3.H2O.6H2/c1-13-5-2-3-7-17(13)21-18(22)16-9-15(11-20-12-16)14-6-4-8-19-10-14;1-3-5-7-9-11-13-15-17-18-16-14-12-10-8-6-4-2;1-3-2;;;;;;;/h2-12H,1H3,(H,21,22);1-2H;1H;1H2;6*1H. The lowest BCUT2D eigenvalue weighted by Gasteiger charge is -2.08. The monoisotopic (exact) mass is 580 g/mol. The second-order valence-corrected chi connectivity index (χ2v) is 7.11. The summed E-state index contributed by atoms with van der Waals surface area (Å²) in [5, 5.41) is 2.91. The first-order chi connectivity index (χ1) is 21.1. The zero-order valence-corrected chi connectivity index (χ0v) is 23.2. The van der Waals surface area contributed by atoms with Gasteiger partial charge in [0.2, 0.25) is 0 Å². The van der Waals surface area contributed by atoms with Crippen molar-refractivity contribution in [3.05, 3.63) is 88.8 Å². The molecule has 0 aliphatic heterocycles. The van der Waals surface area contributed by atoms with Crippen molar-refractivity contribution >= 4 is 11.6 Å². The van der Waals surface area contributed by atoms with Crippen LogP contribution in [-0.2, 0) is 0 Å². The molecule has 3 aromatic rings. The Morgan fingerprint density at radius 1 is 0.773 bits per heavy atom. The first kappa shape index (κ1) is 36.3. The molecule has 8 heteroatoms. The predicted octanol–water partition coefficient (Wildman–Crippen LogP) is 5.51. The molecule has 0 bridgehead atoms. The molecule has 0 saturated heterocycles. The molecular formula is C36H32N6O2. The Morgan fingerprint density at radius 3 is 1.70 bits per heavy atom. The Kier molecular flexibility index (Phi) is 20.1. The molecule has 0 spiro atoms. The van der Waals surface area contributed by atoms with Gasteiger partial charge in [0.15, 0.2) is 0 Å². The first-order valence-electron chi connectivity index (χ1n) is 11.7. The van der Waals surface area contributed by atoms with Crippen LogP contribution in [0.3, 0.4) is 0 Å². The molecule has 2 heterocycles. The Bertz CT molecular complexity index is 1970. The van der Waals surface area contributed by atoms with Crippen molar-refractivity contribution in [3.8, 4) is 119 Å². The molecule has 8 nitrogen and oxygen atoms in total. The van der Waals surface area contributed by atoms with E-state index in [1.165, 1.54) is 0 Å². The lowest BCUT2D eigenvalue weighted by atomic mass is 10.1. The molecule has 218 valence electrons. The third-order valence-corrected chi connectivity index (χ3v) is 4.35. The number of terminal acetylenes is 2. The number of pyridine rings is 2. The molecule has 0 fully saturated rings. The van der Waals surface area contributed by atoms with Gasteiger partial charge in [0.05, 0.1) is 5.56 Å². The van der Waals surface area contributed by atoms with Gasteiger partial charge in [-0.1, -0.05) is 24.3 Å². The topological polar surface area (TPSA) is 147 Å². The molecule has 4 N–H and O–H groups in total. The van der Waals surface area contributed by atoms with Crippen molar-refractivity contribution in [1.29, 1.82) is 5.53 Å². The van der Waals surface area contributed by atoms with Gasteiger partial charge in [0.1, 0.15) is 0 Å². The van der Waals surface area contributed by atoms with Crippen LogP contribution in [0.15, 0.2) is 67.3 Å². The van der Waals surface area contributed by atoms with E-state index in [1.807, 2.05) is 49.4 Å². The summed E-state index contributed by atoms with van der Waals surface area (Å²) in [5.41, 5.74) is 16.4. The summed E-state index contributed by atoms with van der Waals surface area (Å²) in [6, 6.07) is 13.3. The Labute approximate surface area is 265 Å². The highest BCUT2D eigenvalue weighted by Gasteiger charge is 2.09. The summed E-state index contributed by atoms with van der Waals surface area (Å²) in [6.45, 7) is 1.96. The fourth-order valence-electron chi connectivity index (χ4n) is 2.61. The number of nitrogens with zero attached hydrogens (tertiary/aromatic N) is 4. The second kappa shape index (κ2) is 24.3. The van der Waals surface area contributed by atoms with Gasteiger partial charge in [-0.05, 0) is 136 Å². The maximum atomic E-state index is 12.4. The van der Waals surface area contributed by atoms with E-state index in [9.17, 15) is 4.79 Å². The maximum Gasteiger partial charge on any atom is 0.257 e. The fourth-order valence-corrected chi connectivity index (χ4v) is 2.61. The van der Waals surface area contributed by atoms with E-state index in [0.29, 0.717) is 5.56 Å². The van der Waals surface area contributed by atoms with Gasteiger partial charge < -0.3 is 10.8 Å². The van der Waals surface area contributed by atoms with E-state index >= 15 is 0 Å². The number of carbonyl (C=O) groups is 1. The number of anilines is 1. The number of para-hydroxylation sites is 1. The summed E-state index contributed by atoms with van der Waals surface area (Å²) in [7, 11) is 0. The number of carbonyl (C=O) groups excluding carboxylic acids is 1. The van der Waals surface area contributed by atoms with Gasteiger partial charge in [-0.15, -0.1) is 18.4 Å². The van der Waals surface area contributed by atoms with Crippen LogP contribution in [0.4, 0.5) is 5.69 Å². The third kappa shape index (κ3) is 16.3. The molecule has 1 amide bonds. The molecule has 0 aliphatic rings. The highest BCUT2D eigenvalue weighted by molar-refractivity contribution is 6.05. The molecule has 0 aliphatic carbocycles. The van der Waals surface area contributed by atoms with Crippen molar-refractivity contribution in [3.63, 3.8) is 0 Å². The van der Waals surface area contributed by atoms with Gasteiger partial charge >= 0.3 is 0 Å². The van der Waals surface area contributed by atoms with E-state index in [2.05, 4.69) is 110 Å². The van der Waals surface area contributed by atoms with Crippen molar-refractivity contribution in [2.45, 2.75) is 6.92 Å². The highest BCUT2D eigenvalue weighted by atomic mass is 16.1. The first-order valence-corrected chi connectivity index (χ1v) is 11.7. The van der Waals surface area contributed by atoms with Crippen molar-refractivity contribution < 1.29 is 18.8 Å². The second-order valence-electron chi connectivity index (χ2n) is 7.11. The normalized spacial score (nSPS) is 6.80. The number of hydrogen-bond acceptors (Lipinski definition) is 4. The average molecular weight is 581 g/mol. The van der Waals surface area contributed by atoms with Crippen LogP contribution >= 0.6 is 0 Å². The van der Waals surface area contributed by atoms with Crippen LogP contribution < -0.4 is 5.32 Å². The van der Waals surface area contributed by atoms with Crippen LogP contribution in [0.1, 0.15) is 24.5 Å². The number of aryl methyl sites for hydroxylation is 1. The molecule has 0 saturated carbocycles. The molecule has 0 atom stereocenters. The Balaban J connectivity index is -0.000000123. The van der Waals surface area contributed by atoms with Crippen LogP contribution in [0.25, 0.3) is 21.6 Å². The fraction of sp³-hybridized carbons (Fsp3) is 0.0278. The molecule has 1 aromatic carbocycles. The smallest absolute Gasteiger partial charge is 0.257 e. The van der Waals surface area contributed by atoms with E-state index < -0.39 is 0 Å². The van der Waals surface area contributed by atoms with E-state index in [-0.39, 0.29) is 19.9 Å². The minimum absolute atomic E-state index is 0. The molecule has 2 aromatic heterocycles. The number of hydrogen-bond donors (Lipinski definition) is 2. The number of nitrogens with one attached hydrogen (secondary N) is 2. The van der Waals surface area contributed by atoms with Gasteiger partial charge in [-0.3, -0.25) is 14.8 Å². The largest absolute Gasteiger partial charge is 0.412 e. The Hall–Kier alpha value is -7.70. The van der Waals surface area contributed by atoms with Crippen LogP contribution in [0.2, 0.25) is 0 Å². The maximum absolute atomic E-state index is 12.4. The number of aromatic nitrogens is 2. The number of rotatable bonds is 3. The Morgan fingerprint density at radius 2 is 1.25 bits per heavy atom. The van der Waals surface area contributed by atoms with Crippen LogP contribution in [-0.4, -0.2) is 21.4 Å². The summed E-state index contributed by atoms with van der Waals surface area (Å²) < 4.78 is 0. The summed E-state index contributed by atoms with van der Waals surface area (Å²) in [6.07, 6.45) is 16.5. The van der Waals surface area contributed by atoms with Crippen molar-refractivity contribution in [1.82, 2.24) is 9.97 Å². The predicted molar refractivity (Wildman–Crippen MR) is 184 cm³/mol. The zero-order chi connectivity index (χ0) is 31.4. The van der Waals surface area contributed by atoms with Crippen LogP contribution in [0, 0.1) is 120 Å². The van der Waals surface area contributed by atoms with Gasteiger partial charge in [0.25, 0.3) is 5.91 Å². The minimum Gasteiger partial charge on any atom is -0.412 e. The van der Waals surface area contributed by atoms with E-state index in [1.54, 1.807) is 29.7 Å². The number of benzene rings is 1. The summed E-state index contributed by atoms with van der Waals surface area (Å²) >= 11 is 0. The SMILES string of the molecule is C#CC#CC#CC#CC#CC#CC#CC#CC#C.Cc1ccccc1NC(=O)c1cncc(-c2cccnc2)c1.O.[HH].[HH].[HH].[HH].[HH].[HH].[N-]=[N+]=N. The zero-order valence-electron chi connectivity index (χ0n) is 23.2. The van der Waals surface area contributed by atoms with Crippen LogP contribution in [0.5, 0.6) is 0 Å². The summed E-state index contributed by atoms with van der Waals surface area (Å²) in [5.74, 6) is 38.1. The molecular weight excluding hydrogens is 548 g/mol. The average Bonchev–Trinajstić information content (AvgIpc) is 3.03.